The van der Waals surface area contributed by atoms with Gasteiger partial charge in [0.1, 0.15) is 6.04 Å². The zero-order valence-corrected chi connectivity index (χ0v) is 16.0. The minimum absolute atomic E-state index is 0.229. The van der Waals surface area contributed by atoms with Crippen LogP contribution in [0.25, 0.3) is 0 Å². The number of esters is 2. The normalized spacial score (nSPS) is 11.8. The quantitative estimate of drug-likeness (QED) is 0.582. The third-order valence-corrected chi connectivity index (χ3v) is 3.75. The molecule has 0 heterocycles. The van der Waals surface area contributed by atoms with E-state index in [2.05, 4.69) is 5.32 Å². The van der Waals surface area contributed by atoms with Gasteiger partial charge in [0, 0.05) is 20.3 Å². The summed E-state index contributed by atoms with van der Waals surface area (Å²) in [4.78, 5) is 36.4. The first-order chi connectivity index (χ1) is 13.3. The molecule has 0 aromatic heterocycles. The maximum atomic E-state index is 12.3. The summed E-state index contributed by atoms with van der Waals surface area (Å²) in [7, 11) is 1.24. The lowest BCUT2D eigenvalue weighted by Crippen LogP contribution is -2.46. The first-order valence-corrected chi connectivity index (χ1v) is 8.70. The third-order valence-electron chi connectivity index (χ3n) is 3.75. The monoisotopic (exact) mass is 385 g/mol. The molecule has 0 spiro atoms. The molecule has 1 unspecified atom stereocenters. The van der Waals surface area contributed by atoms with Crippen LogP contribution in [-0.2, 0) is 25.4 Å². The average Bonchev–Trinajstić information content (AvgIpc) is 2.67. The number of benzene rings is 2. The van der Waals surface area contributed by atoms with Crippen LogP contribution in [0.3, 0.4) is 0 Å². The van der Waals surface area contributed by atoms with Crippen LogP contribution >= 0.6 is 0 Å². The highest BCUT2D eigenvalue weighted by Crippen LogP contribution is 2.15. The summed E-state index contributed by atoms with van der Waals surface area (Å²) in [6, 6.07) is 16.6. The Morgan fingerprint density at radius 3 is 2.07 bits per heavy atom. The van der Waals surface area contributed by atoms with Gasteiger partial charge in [0.25, 0.3) is 5.79 Å². The fourth-order valence-corrected chi connectivity index (χ4v) is 2.46. The predicted molar refractivity (Wildman–Crippen MR) is 102 cm³/mol. The molecule has 2 rings (SSSR count). The van der Waals surface area contributed by atoms with E-state index in [4.69, 9.17) is 14.2 Å². The van der Waals surface area contributed by atoms with E-state index < -0.39 is 29.9 Å². The van der Waals surface area contributed by atoms with Crippen molar-refractivity contribution in [3.63, 3.8) is 0 Å². The molecular weight excluding hydrogens is 362 g/mol. The molecule has 0 saturated carbocycles. The summed E-state index contributed by atoms with van der Waals surface area (Å²) < 4.78 is 15.2. The van der Waals surface area contributed by atoms with Gasteiger partial charge in [-0.15, -0.1) is 0 Å². The molecule has 0 aliphatic heterocycles. The van der Waals surface area contributed by atoms with Crippen molar-refractivity contribution in [1.82, 2.24) is 5.32 Å². The van der Waals surface area contributed by atoms with E-state index in [1.54, 1.807) is 30.3 Å². The van der Waals surface area contributed by atoms with Crippen LogP contribution in [0.5, 0.6) is 0 Å². The Morgan fingerprint density at radius 1 is 0.929 bits per heavy atom. The summed E-state index contributed by atoms with van der Waals surface area (Å²) >= 11 is 0. The summed E-state index contributed by atoms with van der Waals surface area (Å²) in [5.41, 5.74) is 1.17. The lowest BCUT2D eigenvalue weighted by molar-refractivity contribution is -0.147. The Kier molecular flexibility index (Phi) is 7.14. The minimum Gasteiger partial charge on any atom is -0.467 e. The summed E-state index contributed by atoms with van der Waals surface area (Å²) in [6.45, 7) is 2.86. The molecule has 0 aliphatic rings. The summed E-state index contributed by atoms with van der Waals surface area (Å²) in [5.74, 6) is -2.78. The molecule has 1 N–H and O–H groups in total. The SMILES string of the molecule is COC(=O)C(Cc1ccccc1)NC(=O)OC(C)(C)OC(=O)c1ccccc1. The van der Waals surface area contributed by atoms with Gasteiger partial charge in [-0.05, 0) is 17.7 Å². The Morgan fingerprint density at radius 2 is 1.50 bits per heavy atom. The largest absolute Gasteiger partial charge is 0.467 e. The predicted octanol–water partition coefficient (Wildman–Crippen LogP) is 3.09. The van der Waals surface area contributed by atoms with E-state index >= 15 is 0 Å². The second kappa shape index (κ2) is 9.55. The van der Waals surface area contributed by atoms with Gasteiger partial charge in [-0.2, -0.15) is 0 Å². The van der Waals surface area contributed by atoms with Crippen molar-refractivity contribution in [2.75, 3.05) is 7.11 Å². The fourth-order valence-electron chi connectivity index (χ4n) is 2.46. The van der Waals surface area contributed by atoms with Crippen molar-refractivity contribution in [3.8, 4) is 0 Å². The second-order valence-corrected chi connectivity index (χ2v) is 6.45. The number of ether oxygens (including phenoxy) is 3. The van der Waals surface area contributed by atoms with Gasteiger partial charge < -0.3 is 19.5 Å². The van der Waals surface area contributed by atoms with Crippen LogP contribution in [0.1, 0.15) is 29.8 Å². The lowest BCUT2D eigenvalue weighted by Gasteiger charge is -2.26. The highest BCUT2D eigenvalue weighted by atomic mass is 16.7. The first-order valence-electron chi connectivity index (χ1n) is 8.70. The van der Waals surface area contributed by atoms with Gasteiger partial charge in [-0.25, -0.2) is 14.4 Å². The number of amides is 1. The van der Waals surface area contributed by atoms with Crippen LogP contribution in [0.2, 0.25) is 0 Å². The number of hydrogen-bond donors (Lipinski definition) is 1. The molecule has 0 radical (unpaired) electrons. The molecule has 2 aromatic rings. The van der Waals surface area contributed by atoms with Crippen LogP contribution in [0, 0.1) is 0 Å². The van der Waals surface area contributed by atoms with Crippen molar-refractivity contribution < 1.29 is 28.6 Å². The molecule has 28 heavy (non-hydrogen) atoms. The van der Waals surface area contributed by atoms with Gasteiger partial charge in [0.2, 0.25) is 0 Å². The molecule has 7 nitrogen and oxygen atoms in total. The van der Waals surface area contributed by atoms with E-state index in [-0.39, 0.29) is 6.42 Å². The molecule has 148 valence electrons. The molecule has 7 heteroatoms. The number of nitrogens with one attached hydrogen (secondary N) is 1. The van der Waals surface area contributed by atoms with Crippen molar-refractivity contribution in [2.24, 2.45) is 0 Å². The number of carbonyl (C=O) groups excluding carboxylic acids is 3. The van der Waals surface area contributed by atoms with E-state index in [1.807, 2.05) is 30.3 Å². The van der Waals surface area contributed by atoms with Crippen molar-refractivity contribution >= 4 is 18.0 Å². The maximum Gasteiger partial charge on any atom is 0.411 e. The van der Waals surface area contributed by atoms with E-state index in [1.165, 1.54) is 21.0 Å². The van der Waals surface area contributed by atoms with E-state index in [0.29, 0.717) is 5.56 Å². The lowest BCUT2D eigenvalue weighted by atomic mass is 10.1. The standard InChI is InChI=1S/C21H23NO6/c1-21(2,27-18(23)16-12-8-5-9-13-16)28-20(25)22-17(19(24)26-3)14-15-10-6-4-7-11-15/h4-13,17H,14H2,1-3H3,(H,22,25). The molecule has 1 amide bonds. The van der Waals surface area contributed by atoms with Crippen molar-refractivity contribution in [3.05, 3.63) is 71.8 Å². The Hall–Kier alpha value is -3.35. The Labute approximate surface area is 163 Å². The minimum atomic E-state index is -1.54. The highest BCUT2D eigenvalue weighted by Gasteiger charge is 2.30. The molecule has 0 saturated heterocycles. The number of methoxy groups -OCH3 is 1. The first kappa shape index (κ1) is 21.0. The van der Waals surface area contributed by atoms with Gasteiger partial charge in [0.15, 0.2) is 0 Å². The third kappa shape index (κ3) is 6.42. The zero-order chi connectivity index (χ0) is 20.6. The van der Waals surface area contributed by atoms with Gasteiger partial charge in [-0.3, -0.25) is 0 Å². The van der Waals surface area contributed by atoms with Crippen LogP contribution in [0.15, 0.2) is 60.7 Å². The number of alkyl carbamates (subject to hydrolysis) is 1. The Balaban J connectivity index is 1.98. The van der Waals surface area contributed by atoms with Crippen LogP contribution in [-0.4, -0.2) is 37.0 Å². The van der Waals surface area contributed by atoms with Crippen molar-refractivity contribution in [2.45, 2.75) is 32.1 Å². The fraction of sp³-hybridized carbons (Fsp3) is 0.286. The smallest absolute Gasteiger partial charge is 0.411 e. The molecule has 0 bridgehead atoms. The molecule has 0 fully saturated rings. The van der Waals surface area contributed by atoms with Gasteiger partial charge in [-0.1, -0.05) is 48.5 Å². The topological polar surface area (TPSA) is 90.9 Å². The van der Waals surface area contributed by atoms with Crippen LogP contribution < -0.4 is 5.32 Å². The Bertz CT molecular complexity index is 804. The zero-order valence-electron chi connectivity index (χ0n) is 16.0. The number of carbonyl (C=O) groups is 3. The molecule has 2 aromatic carbocycles. The van der Waals surface area contributed by atoms with Gasteiger partial charge in [0.05, 0.1) is 12.7 Å². The van der Waals surface area contributed by atoms with Crippen LogP contribution in [0.4, 0.5) is 4.79 Å². The summed E-state index contributed by atoms with van der Waals surface area (Å²) in [5, 5.41) is 2.46. The van der Waals surface area contributed by atoms with E-state index in [0.717, 1.165) is 5.56 Å². The molecular formula is C21H23NO6. The molecule has 0 aliphatic carbocycles. The molecule has 1 atom stereocenters. The van der Waals surface area contributed by atoms with E-state index in [9.17, 15) is 14.4 Å². The highest BCUT2D eigenvalue weighted by molar-refractivity contribution is 5.89. The second-order valence-electron chi connectivity index (χ2n) is 6.45. The van der Waals surface area contributed by atoms with Crippen molar-refractivity contribution in [1.29, 1.82) is 0 Å². The average molecular weight is 385 g/mol. The number of rotatable bonds is 7. The number of hydrogen-bond acceptors (Lipinski definition) is 6. The summed E-state index contributed by atoms with van der Waals surface area (Å²) in [6.07, 6.45) is -0.676. The maximum absolute atomic E-state index is 12.3. The van der Waals surface area contributed by atoms with Gasteiger partial charge >= 0.3 is 18.0 Å².